The van der Waals surface area contributed by atoms with Crippen LogP contribution in [0.2, 0.25) is 0 Å². The Morgan fingerprint density at radius 3 is 2.93 bits per heavy atom. The van der Waals surface area contributed by atoms with E-state index in [1.54, 1.807) is 5.69 Å². The molecule has 0 saturated carbocycles. The maximum atomic E-state index is 2.41. The number of fused-ring (bicyclic) bond motifs is 3. The van der Waals surface area contributed by atoms with Gasteiger partial charge in [0.15, 0.2) is 0 Å². The first-order valence-corrected chi connectivity index (χ1v) is 6.30. The maximum absolute atomic E-state index is 2.41. The van der Waals surface area contributed by atoms with Gasteiger partial charge in [-0.25, -0.2) is 0 Å². The van der Waals surface area contributed by atoms with Crippen molar-refractivity contribution >= 4 is 17.4 Å². The lowest BCUT2D eigenvalue weighted by atomic mass is 10.1. The third-order valence-electron chi connectivity index (χ3n) is 3.64. The van der Waals surface area contributed by atoms with Crippen LogP contribution >= 0.6 is 11.8 Å². The molecule has 2 heterocycles. The van der Waals surface area contributed by atoms with Gasteiger partial charge >= 0.3 is 0 Å². The molecule has 2 aliphatic heterocycles. The van der Waals surface area contributed by atoms with Crippen LogP contribution in [0.4, 0.5) is 5.69 Å². The van der Waals surface area contributed by atoms with Gasteiger partial charge in [-0.1, -0.05) is 23.9 Å². The number of hydrogen-bond donors (Lipinski definition) is 0. The van der Waals surface area contributed by atoms with Gasteiger partial charge in [0.25, 0.3) is 0 Å². The van der Waals surface area contributed by atoms with Gasteiger partial charge in [0.05, 0.1) is 18.5 Å². The number of halogens is 1. The third-order valence-corrected chi connectivity index (χ3v) is 5.21. The molecule has 1 nitrogen and oxygen atoms in total. The van der Waals surface area contributed by atoms with Crippen molar-refractivity contribution in [1.82, 2.24) is 4.48 Å². The lowest BCUT2D eigenvalue weighted by molar-refractivity contribution is -0.00000283. The second kappa shape index (κ2) is 4.11. The number of quaternary nitrogens is 1. The van der Waals surface area contributed by atoms with Crippen LogP contribution in [0, 0.1) is 0 Å². The van der Waals surface area contributed by atoms with Gasteiger partial charge in [-0.2, -0.15) is 0 Å². The average molecular weight is 286 g/mol. The number of nitrogens with zero attached hydrogens (tertiary/aromatic N) is 1. The summed E-state index contributed by atoms with van der Waals surface area (Å²) in [6, 6.07) is 8.94. The van der Waals surface area contributed by atoms with E-state index in [0.717, 1.165) is 5.37 Å². The summed E-state index contributed by atoms with van der Waals surface area (Å²) in [5, 5.41) is 0.793. The zero-order chi connectivity index (χ0) is 9.60. The molecule has 2 aliphatic rings. The summed E-state index contributed by atoms with van der Waals surface area (Å²) >= 11 is 2.09. The number of piperidine rings is 1. The van der Waals surface area contributed by atoms with Crippen molar-refractivity contribution in [3.63, 3.8) is 0 Å². The van der Waals surface area contributed by atoms with E-state index in [2.05, 4.69) is 43.1 Å². The summed E-state index contributed by atoms with van der Waals surface area (Å²) in [5.41, 5.74) is 1.56. The fraction of sp³-hybridized carbons (Fsp3) is 0.500. The number of hydrogen-bond acceptors (Lipinski definition) is 1. The van der Waals surface area contributed by atoms with E-state index in [-0.39, 0.29) is 17.0 Å². The van der Waals surface area contributed by atoms with E-state index in [1.807, 2.05) is 0 Å². The molecule has 2 unspecified atom stereocenters. The smallest absolute Gasteiger partial charge is 0.147 e. The first kappa shape index (κ1) is 11.5. The number of thioether (sulfide) groups is 1. The Labute approximate surface area is 106 Å². The highest BCUT2D eigenvalue weighted by atomic mass is 79.9. The molecule has 3 heteroatoms. The predicted molar refractivity (Wildman–Crippen MR) is 62.5 cm³/mol. The first-order chi connectivity index (χ1) is 6.81. The van der Waals surface area contributed by atoms with Crippen LogP contribution in [-0.2, 0) is 0 Å². The van der Waals surface area contributed by atoms with Crippen molar-refractivity contribution in [3.05, 3.63) is 24.3 Å². The van der Waals surface area contributed by atoms with E-state index in [9.17, 15) is 0 Å². The lowest BCUT2D eigenvalue weighted by Gasteiger charge is -2.38. The van der Waals surface area contributed by atoms with Gasteiger partial charge in [-0.3, -0.25) is 4.48 Å². The molecule has 0 aliphatic carbocycles. The largest absolute Gasteiger partial charge is 1.00 e. The Hall–Kier alpha value is 0.01000. The summed E-state index contributed by atoms with van der Waals surface area (Å²) in [4.78, 5) is 1.52. The van der Waals surface area contributed by atoms with E-state index in [0.29, 0.717) is 0 Å². The van der Waals surface area contributed by atoms with Crippen LogP contribution in [0.15, 0.2) is 29.2 Å². The molecule has 1 aromatic rings. The van der Waals surface area contributed by atoms with E-state index in [1.165, 1.54) is 35.2 Å². The predicted octanol–water partition coefficient (Wildman–Crippen LogP) is 0.243. The highest BCUT2D eigenvalue weighted by Crippen LogP contribution is 2.50. The van der Waals surface area contributed by atoms with Crippen LogP contribution in [0.25, 0.3) is 0 Å². The highest BCUT2D eigenvalue weighted by molar-refractivity contribution is 8.00. The molecule has 0 aromatic heterocycles. The van der Waals surface area contributed by atoms with Crippen molar-refractivity contribution in [2.24, 2.45) is 0 Å². The van der Waals surface area contributed by atoms with E-state index in [4.69, 9.17) is 0 Å². The zero-order valence-electron chi connectivity index (χ0n) is 8.95. The molecule has 0 bridgehead atoms. The summed E-state index contributed by atoms with van der Waals surface area (Å²) in [7, 11) is 2.41. The van der Waals surface area contributed by atoms with Gasteiger partial charge in [-0.05, 0) is 18.9 Å². The molecule has 2 atom stereocenters. The van der Waals surface area contributed by atoms with Crippen LogP contribution in [0.5, 0.6) is 0 Å². The van der Waals surface area contributed by atoms with Gasteiger partial charge in [-0.15, -0.1) is 0 Å². The van der Waals surface area contributed by atoms with Gasteiger partial charge in [0.1, 0.15) is 11.1 Å². The molecule has 0 amide bonds. The van der Waals surface area contributed by atoms with Crippen molar-refractivity contribution in [3.8, 4) is 0 Å². The molecule has 1 saturated heterocycles. The normalized spacial score (nSPS) is 32.7. The molecule has 3 rings (SSSR count). The van der Waals surface area contributed by atoms with Crippen LogP contribution in [0.3, 0.4) is 0 Å². The Kier molecular flexibility index (Phi) is 3.15. The molecular formula is C12H16BrNS. The third kappa shape index (κ3) is 1.65. The maximum Gasteiger partial charge on any atom is 0.147 e. The Bertz CT molecular complexity index is 368. The minimum atomic E-state index is 0. The van der Waals surface area contributed by atoms with E-state index >= 15 is 0 Å². The number of rotatable bonds is 0. The SMILES string of the molecule is C[N+]12CCCCC1Sc1ccccc12.[Br-]. The van der Waals surface area contributed by atoms with E-state index < -0.39 is 0 Å². The molecule has 82 valence electrons. The highest BCUT2D eigenvalue weighted by Gasteiger charge is 2.45. The molecule has 0 radical (unpaired) electrons. The minimum absolute atomic E-state index is 0. The minimum Gasteiger partial charge on any atom is -1.00 e. The van der Waals surface area contributed by atoms with Gasteiger partial charge in [0, 0.05) is 12.5 Å². The quantitative estimate of drug-likeness (QED) is 0.616. The topological polar surface area (TPSA) is 0 Å². The number of benzene rings is 1. The van der Waals surface area contributed by atoms with Crippen molar-refractivity contribution in [2.45, 2.75) is 29.5 Å². The standard InChI is InChI=1S/C12H16NS.BrH/c1-13-9-5-4-8-12(13)14-11-7-3-2-6-10(11)13;/h2-3,6-7,12H,4-5,8-9H2,1H3;1H/q+1;/p-1. The molecular weight excluding hydrogens is 270 g/mol. The van der Waals surface area contributed by atoms with Crippen LogP contribution in [-0.4, -0.2) is 19.0 Å². The summed E-state index contributed by atoms with van der Waals surface area (Å²) in [6.07, 6.45) is 4.19. The summed E-state index contributed by atoms with van der Waals surface area (Å²) < 4.78 is 1.18. The second-order valence-corrected chi connectivity index (χ2v) is 5.75. The second-order valence-electron chi connectivity index (χ2n) is 4.53. The average Bonchev–Trinajstić information content (AvgIpc) is 2.51. The molecule has 1 aromatic carbocycles. The van der Waals surface area contributed by atoms with Gasteiger partial charge < -0.3 is 17.0 Å². The summed E-state index contributed by atoms with van der Waals surface area (Å²) in [5.74, 6) is 0. The molecule has 1 fully saturated rings. The van der Waals surface area contributed by atoms with Crippen molar-refractivity contribution in [1.29, 1.82) is 0 Å². The molecule has 0 spiro atoms. The summed E-state index contributed by atoms with van der Waals surface area (Å²) in [6.45, 7) is 1.33. The Morgan fingerprint density at radius 1 is 1.27 bits per heavy atom. The zero-order valence-corrected chi connectivity index (χ0v) is 11.4. The fourth-order valence-corrected chi connectivity index (χ4v) is 4.35. The Balaban J connectivity index is 0.000000853. The van der Waals surface area contributed by atoms with Gasteiger partial charge in [0.2, 0.25) is 0 Å². The molecule has 0 N–H and O–H groups in total. The Morgan fingerprint density at radius 2 is 2.07 bits per heavy atom. The number of para-hydroxylation sites is 1. The fourth-order valence-electron chi connectivity index (χ4n) is 2.76. The van der Waals surface area contributed by atoms with Crippen LogP contribution in [0.1, 0.15) is 19.3 Å². The van der Waals surface area contributed by atoms with Crippen molar-refractivity contribution < 1.29 is 17.0 Å². The monoisotopic (exact) mass is 285 g/mol. The molecule has 15 heavy (non-hydrogen) atoms. The lowest BCUT2D eigenvalue weighted by Crippen LogP contribution is -3.00. The van der Waals surface area contributed by atoms with Crippen molar-refractivity contribution in [2.75, 3.05) is 13.6 Å². The van der Waals surface area contributed by atoms with Crippen LogP contribution < -0.4 is 21.5 Å². The first-order valence-electron chi connectivity index (χ1n) is 5.42.